The Morgan fingerprint density at radius 1 is 1.39 bits per heavy atom. The topological polar surface area (TPSA) is 91.6 Å². The molecule has 2 rings (SSSR count). The number of nitro groups is 1. The standard InChI is InChI=1S/C15H23N5O3/c1-3-12(2)17-15(21)11-18-6-8-19(9-7-18)13-4-5-14(16-10-13)20(22)23/h4-5,10,12H,3,6-9,11H2,1-2H3,(H,17,21)/t12-/m0/s1. The third kappa shape index (κ3) is 4.88. The van der Waals surface area contributed by atoms with Gasteiger partial charge in [-0.05, 0) is 29.3 Å². The molecule has 0 unspecified atom stereocenters. The summed E-state index contributed by atoms with van der Waals surface area (Å²) in [6.07, 6.45) is 2.45. The molecule has 0 radical (unpaired) electrons. The normalized spacial score (nSPS) is 16.9. The molecule has 1 saturated heterocycles. The van der Waals surface area contributed by atoms with Gasteiger partial charge in [-0.2, -0.15) is 0 Å². The summed E-state index contributed by atoms with van der Waals surface area (Å²) in [6, 6.07) is 3.34. The Balaban J connectivity index is 1.81. The summed E-state index contributed by atoms with van der Waals surface area (Å²) in [4.78, 5) is 30.1. The Labute approximate surface area is 135 Å². The van der Waals surface area contributed by atoms with Crippen LogP contribution >= 0.6 is 0 Å². The average molecular weight is 321 g/mol. The van der Waals surface area contributed by atoms with Crippen LogP contribution in [-0.4, -0.2) is 59.5 Å². The first-order valence-corrected chi connectivity index (χ1v) is 7.86. The van der Waals surface area contributed by atoms with Gasteiger partial charge in [0.15, 0.2) is 6.20 Å². The highest BCUT2D eigenvalue weighted by Crippen LogP contribution is 2.17. The average Bonchev–Trinajstić information content (AvgIpc) is 2.55. The van der Waals surface area contributed by atoms with Gasteiger partial charge in [-0.25, -0.2) is 0 Å². The molecule has 8 heteroatoms. The minimum Gasteiger partial charge on any atom is -0.366 e. The van der Waals surface area contributed by atoms with E-state index in [4.69, 9.17) is 0 Å². The Morgan fingerprint density at radius 3 is 2.61 bits per heavy atom. The van der Waals surface area contributed by atoms with Gasteiger partial charge < -0.3 is 20.3 Å². The van der Waals surface area contributed by atoms with Crippen molar-refractivity contribution in [2.24, 2.45) is 0 Å². The van der Waals surface area contributed by atoms with Crippen LogP contribution in [0.5, 0.6) is 0 Å². The Kier molecular flexibility index (Phi) is 5.86. The molecule has 0 bridgehead atoms. The van der Waals surface area contributed by atoms with Crippen LogP contribution < -0.4 is 10.2 Å². The van der Waals surface area contributed by atoms with Gasteiger partial charge in [0.2, 0.25) is 5.91 Å². The molecule has 23 heavy (non-hydrogen) atoms. The number of carbonyl (C=O) groups is 1. The number of hydrogen-bond donors (Lipinski definition) is 1. The summed E-state index contributed by atoms with van der Waals surface area (Å²) in [5.74, 6) is -0.0843. The van der Waals surface area contributed by atoms with Gasteiger partial charge in [-0.3, -0.25) is 9.69 Å². The fourth-order valence-corrected chi connectivity index (χ4v) is 2.46. The molecule has 8 nitrogen and oxygen atoms in total. The van der Waals surface area contributed by atoms with Crippen LogP contribution in [0.25, 0.3) is 0 Å². The molecular formula is C15H23N5O3. The number of aromatic nitrogens is 1. The first-order chi connectivity index (χ1) is 11.0. The fraction of sp³-hybridized carbons (Fsp3) is 0.600. The smallest absolute Gasteiger partial charge is 0.363 e. The summed E-state index contributed by atoms with van der Waals surface area (Å²) in [5.41, 5.74) is 0.874. The van der Waals surface area contributed by atoms with Gasteiger partial charge in [0.1, 0.15) is 0 Å². The zero-order chi connectivity index (χ0) is 16.8. The van der Waals surface area contributed by atoms with E-state index in [2.05, 4.69) is 20.1 Å². The van der Waals surface area contributed by atoms with Crippen LogP contribution in [0.4, 0.5) is 11.5 Å². The van der Waals surface area contributed by atoms with Crippen LogP contribution in [0.15, 0.2) is 18.3 Å². The summed E-state index contributed by atoms with van der Waals surface area (Å²) >= 11 is 0. The van der Waals surface area contributed by atoms with Crippen LogP contribution in [-0.2, 0) is 4.79 Å². The first-order valence-electron chi connectivity index (χ1n) is 7.86. The number of nitrogens with zero attached hydrogens (tertiary/aromatic N) is 4. The molecular weight excluding hydrogens is 298 g/mol. The van der Waals surface area contributed by atoms with Crippen molar-refractivity contribution in [1.82, 2.24) is 15.2 Å². The van der Waals surface area contributed by atoms with Crippen molar-refractivity contribution in [2.75, 3.05) is 37.6 Å². The summed E-state index contributed by atoms with van der Waals surface area (Å²) < 4.78 is 0. The van der Waals surface area contributed by atoms with Gasteiger partial charge >= 0.3 is 5.82 Å². The van der Waals surface area contributed by atoms with Crippen molar-refractivity contribution in [3.05, 3.63) is 28.4 Å². The third-order valence-electron chi connectivity index (χ3n) is 4.04. The second-order valence-electron chi connectivity index (χ2n) is 5.77. The van der Waals surface area contributed by atoms with E-state index >= 15 is 0 Å². The monoisotopic (exact) mass is 321 g/mol. The van der Waals surface area contributed by atoms with E-state index in [9.17, 15) is 14.9 Å². The molecule has 1 N–H and O–H groups in total. The van der Waals surface area contributed by atoms with Crippen molar-refractivity contribution in [2.45, 2.75) is 26.3 Å². The van der Waals surface area contributed by atoms with Crippen molar-refractivity contribution < 1.29 is 9.72 Å². The molecule has 0 saturated carbocycles. The maximum atomic E-state index is 11.9. The Bertz CT molecular complexity index is 541. The molecule has 1 aromatic heterocycles. The zero-order valence-corrected chi connectivity index (χ0v) is 13.6. The lowest BCUT2D eigenvalue weighted by molar-refractivity contribution is -0.389. The lowest BCUT2D eigenvalue weighted by atomic mass is 10.2. The Hall–Kier alpha value is -2.22. The maximum absolute atomic E-state index is 11.9. The van der Waals surface area contributed by atoms with Crippen LogP contribution in [0.1, 0.15) is 20.3 Å². The van der Waals surface area contributed by atoms with Gasteiger partial charge in [-0.15, -0.1) is 0 Å². The molecule has 126 valence electrons. The minimum atomic E-state index is -0.502. The van der Waals surface area contributed by atoms with E-state index in [1.54, 1.807) is 6.07 Å². The summed E-state index contributed by atoms with van der Waals surface area (Å²) in [5, 5.41) is 13.6. The van der Waals surface area contributed by atoms with Gasteiger partial charge in [0.25, 0.3) is 0 Å². The molecule has 1 aromatic rings. The van der Waals surface area contributed by atoms with E-state index in [0.29, 0.717) is 6.54 Å². The third-order valence-corrected chi connectivity index (χ3v) is 4.04. The number of anilines is 1. The zero-order valence-electron chi connectivity index (χ0n) is 13.6. The molecule has 1 aliphatic rings. The predicted molar refractivity (Wildman–Crippen MR) is 87.4 cm³/mol. The minimum absolute atomic E-state index is 0.0600. The van der Waals surface area contributed by atoms with E-state index in [1.165, 1.54) is 12.3 Å². The first kappa shape index (κ1) is 17.1. The second-order valence-corrected chi connectivity index (χ2v) is 5.77. The highest BCUT2D eigenvalue weighted by Gasteiger charge is 2.21. The molecule has 1 aliphatic heterocycles. The Morgan fingerprint density at radius 2 is 2.09 bits per heavy atom. The predicted octanol–water partition coefficient (Wildman–Crippen LogP) is 1.03. The molecule has 0 spiro atoms. The van der Waals surface area contributed by atoms with Crippen LogP contribution in [0.3, 0.4) is 0 Å². The number of rotatable bonds is 6. The lowest BCUT2D eigenvalue weighted by Crippen LogP contribution is -2.50. The largest absolute Gasteiger partial charge is 0.366 e. The molecule has 2 heterocycles. The van der Waals surface area contributed by atoms with Gasteiger partial charge in [0.05, 0.1) is 12.2 Å². The molecule has 1 fully saturated rings. The van der Waals surface area contributed by atoms with Crippen molar-refractivity contribution in [1.29, 1.82) is 0 Å². The number of carbonyl (C=O) groups excluding carboxylic acids is 1. The van der Waals surface area contributed by atoms with Crippen molar-refractivity contribution in [3.8, 4) is 0 Å². The van der Waals surface area contributed by atoms with Crippen LogP contribution in [0.2, 0.25) is 0 Å². The summed E-state index contributed by atoms with van der Waals surface area (Å²) in [6.45, 7) is 7.57. The lowest BCUT2D eigenvalue weighted by Gasteiger charge is -2.35. The van der Waals surface area contributed by atoms with Gasteiger partial charge in [-0.1, -0.05) is 6.92 Å². The van der Waals surface area contributed by atoms with E-state index in [-0.39, 0.29) is 17.8 Å². The molecule has 1 atom stereocenters. The number of amides is 1. The molecule has 0 aromatic carbocycles. The van der Waals surface area contributed by atoms with E-state index in [1.807, 2.05) is 13.8 Å². The van der Waals surface area contributed by atoms with Crippen LogP contribution in [0, 0.1) is 10.1 Å². The van der Waals surface area contributed by atoms with Crippen molar-refractivity contribution >= 4 is 17.4 Å². The van der Waals surface area contributed by atoms with Gasteiger partial charge in [0, 0.05) is 38.3 Å². The summed E-state index contributed by atoms with van der Waals surface area (Å²) in [7, 11) is 0. The highest BCUT2D eigenvalue weighted by atomic mass is 16.6. The van der Waals surface area contributed by atoms with E-state index < -0.39 is 4.92 Å². The van der Waals surface area contributed by atoms with E-state index in [0.717, 1.165) is 38.3 Å². The van der Waals surface area contributed by atoms with Crippen molar-refractivity contribution in [3.63, 3.8) is 0 Å². The SMILES string of the molecule is CC[C@H](C)NC(=O)CN1CCN(c2ccc([N+](=O)[O-])nc2)CC1. The number of pyridine rings is 1. The number of piperazine rings is 1. The number of hydrogen-bond acceptors (Lipinski definition) is 6. The quantitative estimate of drug-likeness (QED) is 0.621. The second kappa shape index (κ2) is 7.87. The molecule has 1 amide bonds. The maximum Gasteiger partial charge on any atom is 0.363 e. The molecule has 0 aliphatic carbocycles. The number of nitrogens with one attached hydrogen (secondary N) is 1. The highest BCUT2D eigenvalue weighted by molar-refractivity contribution is 5.78. The fourth-order valence-electron chi connectivity index (χ4n) is 2.46.